The average molecular weight is 431 g/mol. The van der Waals surface area contributed by atoms with E-state index in [0.717, 1.165) is 21.9 Å². The van der Waals surface area contributed by atoms with E-state index in [9.17, 15) is 14.4 Å². The number of benzene rings is 3. The van der Waals surface area contributed by atoms with Crippen molar-refractivity contribution in [3.8, 4) is 0 Å². The molecule has 1 aliphatic rings. The highest BCUT2D eigenvalue weighted by atomic mass is 32.2. The highest BCUT2D eigenvalue weighted by Crippen LogP contribution is 2.25. The van der Waals surface area contributed by atoms with Crippen LogP contribution in [0.1, 0.15) is 43.1 Å². The van der Waals surface area contributed by atoms with Gasteiger partial charge in [-0.15, -0.1) is 11.8 Å². The number of hydrogen-bond acceptors (Lipinski definition) is 4. The Labute approximate surface area is 185 Å². The van der Waals surface area contributed by atoms with E-state index in [1.807, 2.05) is 55.5 Å². The highest BCUT2D eigenvalue weighted by Gasteiger charge is 2.34. The van der Waals surface area contributed by atoms with Crippen molar-refractivity contribution in [3.05, 3.63) is 95.1 Å². The first-order valence-corrected chi connectivity index (χ1v) is 11.1. The maximum atomic E-state index is 12.4. The van der Waals surface area contributed by atoms with Crippen LogP contribution < -0.4 is 5.32 Å². The van der Waals surface area contributed by atoms with E-state index in [1.165, 1.54) is 4.90 Å². The molecule has 4 rings (SSSR count). The van der Waals surface area contributed by atoms with Crippen LogP contribution in [0, 0.1) is 6.92 Å². The molecule has 0 spiro atoms. The Bertz CT molecular complexity index is 1090. The van der Waals surface area contributed by atoms with Crippen molar-refractivity contribution in [2.75, 3.05) is 17.6 Å². The number of thioether (sulfide) groups is 1. The molecule has 6 heteroatoms. The molecule has 0 fully saturated rings. The molecule has 0 aromatic heterocycles. The zero-order valence-corrected chi connectivity index (χ0v) is 17.9. The van der Waals surface area contributed by atoms with E-state index in [0.29, 0.717) is 29.7 Å². The first-order chi connectivity index (χ1) is 15.0. The van der Waals surface area contributed by atoms with Crippen LogP contribution in [0.2, 0.25) is 0 Å². The summed E-state index contributed by atoms with van der Waals surface area (Å²) in [5.74, 6) is 0.225. The Kier molecular flexibility index (Phi) is 6.18. The molecular formula is C25H22N2O3S. The zero-order valence-electron chi connectivity index (χ0n) is 17.1. The Morgan fingerprint density at radius 1 is 0.871 bits per heavy atom. The minimum absolute atomic E-state index is 0.138. The normalized spacial score (nSPS) is 12.7. The van der Waals surface area contributed by atoms with Crippen molar-refractivity contribution in [2.24, 2.45) is 0 Å². The third-order valence-corrected chi connectivity index (χ3v) is 6.20. The number of aryl methyl sites for hydroxylation is 1. The molecule has 0 aliphatic carbocycles. The molecule has 5 nitrogen and oxygen atoms in total. The van der Waals surface area contributed by atoms with Gasteiger partial charge in [-0.25, -0.2) is 0 Å². The van der Waals surface area contributed by atoms with Crippen LogP contribution >= 0.6 is 11.8 Å². The lowest BCUT2D eigenvalue weighted by Crippen LogP contribution is -2.30. The highest BCUT2D eigenvalue weighted by molar-refractivity contribution is 7.99. The lowest BCUT2D eigenvalue weighted by Gasteiger charge is -2.13. The van der Waals surface area contributed by atoms with Gasteiger partial charge >= 0.3 is 0 Å². The fraction of sp³-hybridized carbons (Fsp3) is 0.160. The van der Waals surface area contributed by atoms with Gasteiger partial charge in [-0.3, -0.25) is 19.3 Å². The van der Waals surface area contributed by atoms with Crippen LogP contribution in [0.4, 0.5) is 5.69 Å². The SMILES string of the molecule is Cc1ccc(C(=O)Nc2ccc(SCCCN3C(=O)c4ccccc4C3=O)cc2)cc1. The third-order valence-electron chi connectivity index (χ3n) is 5.10. The molecule has 1 heterocycles. The zero-order chi connectivity index (χ0) is 21.8. The van der Waals surface area contributed by atoms with Gasteiger partial charge in [-0.2, -0.15) is 0 Å². The fourth-order valence-electron chi connectivity index (χ4n) is 3.40. The number of fused-ring (bicyclic) bond motifs is 1. The molecular weight excluding hydrogens is 408 g/mol. The van der Waals surface area contributed by atoms with Crippen LogP contribution in [0.3, 0.4) is 0 Å². The predicted molar refractivity (Wildman–Crippen MR) is 123 cm³/mol. The van der Waals surface area contributed by atoms with E-state index < -0.39 is 0 Å². The van der Waals surface area contributed by atoms with Gasteiger partial charge in [0.25, 0.3) is 17.7 Å². The molecule has 0 bridgehead atoms. The second-order valence-electron chi connectivity index (χ2n) is 7.35. The number of carbonyl (C=O) groups is 3. The Balaban J connectivity index is 1.25. The van der Waals surface area contributed by atoms with Crippen LogP contribution in [0.15, 0.2) is 77.7 Å². The molecule has 0 unspecified atom stereocenters. The second kappa shape index (κ2) is 9.18. The third kappa shape index (κ3) is 4.70. The molecule has 3 amide bonds. The number of anilines is 1. The summed E-state index contributed by atoms with van der Waals surface area (Å²) in [5.41, 5.74) is 3.45. The average Bonchev–Trinajstić information content (AvgIpc) is 3.03. The number of amides is 3. The van der Waals surface area contributed by atoms with Crippen molar-refractivity contribution < 1.29 is 14.4 Å². The molecule has 3 aromatic carbocycles. The quantitative estimate of drug-likeness (QED) is 0.324. The van der Waals surface area contributed by atoms with E-state index in [-0.39, 0.29) is 17.7 Å². The summed E-state index contributed by atoms with van der Waals surface area (Å²) in [6, 6.07) is 22.0. The van der Waals surface area contributed by atoms with Gasteiger partial charge < -0.3 is 5.32 Å². The van der Waals surface area contributed by atoms with Crippen molar-refractivity contribution in [1.29, 1.82) is 0 Å². The minimum atomic E-state index is -0.209. The summed E-state index contributed by atoms with van der Waals surface area (Å²) in [6.45, 7) is 2.39. The van der Waals surface area contributed by atoms with Gasteiger partial charge in [-0.1, -0.05) is 29.8 Å². The lowest BCUT2D eigenvalue weighted by molar-refractivity contribution is 0.0654. The standard InChI is InChI=1S/C25H22N2O3S/c1-17-7-9-18(10-8-17)23(28)26-19-11-13-20(14-12-19)31-16-4-15-27-24(29)21-5-2-3-6-22(21)25(27)30/h2-3,5-14H,4,15-16H2,1H3,(H,26,28). The van der Waals surface area contributed by atoms with Gasteiger partial charge in [0.05, 0.1) is 11.1 Å². The van der Waals surface area contributed by atoms with Crippen molar-refractivity contribution >= 4 is 35.2 Å². The summed E-state index contributed by atoms with van der Waals surface area (Å²) in [5, 5.41) is 2.90. The molecule has 31 heavy (non-hydrogen) atoms. The molecule has 0 saturated heterocycles. The van der Waals surface area contributed by atoms with Crippen LogP contribution in [-0.2, 0) is 0 Å². The molecule has 1 aliphatic heterocycles. The summed E-state index contributed by atoms with van der Waals surface area (Å²) < 4.78 is 0. The summed E-state index contributed by atoms with van der Waals surface area (Å²) in [7, 11) is 0. The predicted octanol–water partition coefficient (Wildman–Crippen LogP) is 5.03. The number of carbonyl (C=O) groups excluding carboxylic acids is 3. The Morgan fingerprint density at radius 3 is 2.10 bits per heavy atom. The molecule has 156 valence electrons. The molecule has 0 atom stereocenters. The summed E-state index contributed by atoms with van der Waals surface area (Å²) >= 11 is 1.65. The summed E-state index contributed by atoms with van der Waals surface area (Å²) in [4.78, 5) is 39.5. The topological polar surface area (TPSA) is 66.5 Å². The number of hydrogen-bond donors (Lipinski definition) is 1. The van der Waals surface area contributed by atoms with Gasteiger partial charge in [0.1, 0.15) is 0 Å². The van der Waals surface area contributed by atoms with Gasteiger partial charge in [0, 0.05) is 22.7 Å². The number of imide groups is 1. The summed E-state index contributed by atoms with van der Waals surface area (Å²) in [6.07, 6.45) is 0.710. The number of rotatable bonds is 7. The van der Waals surface area contributed by atoms with E-state index >= 15 is 0 Å². The molecule has 1 N–H and O–H groups in total. The molecule has 3 aromatic rings. The number of nitrogens with one attached hydrogen (secondary N) is 1. The van der Waals surface area contributed by atoms with Gasteiger partial charge in [0.2, 0.25) is 0 Å². The largest absolute Gasteiger partial charge is 0.322 e. The smallest absolute Gasteiger partial charge is 0.261 e. The Morgan fingerprint density at radius 2 is 1.48 bits per heavy atom. The molecule has 0 radical (unpaired) electrons. The van der Waals surface area contributed by atoms with Crippen molar-refractivity contribution in [3.63, 3.8) is 0 Å². The first kappa shape index (κ1) is 20.9. The van der Waals surface area contributed by atoms with Gasteiger partial charge in [-0.05, 0) is 67.6 Å². The van der Waals surface area contributed by atoms with Crippen molar-refractivity contribution in [2.45, 2.75) is 18.2 Å². The van der Waals surface area contributed by atoms with Crippen LogP contribution in [-0.4, -0.2) is 34.9 Å². The van der Waals surface area contributed by atoms with Crippen molar-refractivity contribution in [1.82, 2.24) is 4.90 Å². The van der Waals surface area contributed by atoms with Crippen LogP contribution in [0.25, 0.3) is 0 Å². The number of nitrogens with zero attached hydrogens (tertiary/aromatic N) is 1. The van der Waals surface area contributed by atoms with Gasteiger partial charge in [0.15, 0.2) is 0 Å². The second-order valence-corrected chi connectivity index (χ2v) is 8.52. The van der Waals surface area contributed by atoms with E-state index in [4.69, 9.17) is 0 Å². The lowest BCUT2D eigenvalue weighted by atomic mass is 10.1. The van der Waals surface area contributed by atoms with E-state index in [1.54, 1.807) is 36.0 Å². The van der Waals surface area contributed by atoms with E-state index in [2.05, 4.69) is 5.32 Å². The Hall–Kier alpha value is -3.38. The first-order valence-electron chi connectivity index (χ1n) is 10.1. The maximum absolute atomic E-state index is 12.4. The fourth-order valence-corrected chi connectivity index (χ4v) is 4.24. The minimum Gasteiger partial charge on any atom is -0.322 e. The monoisotopic (exact) mass is 430 g/mol. The molecule has 0 saturated carbocycles. The maximum Gasteiger partial charge on any atom is 0.261 e. The van der Waals surface area contributed by atoms with Crippen LogP contribution in [0.5, 0.6) is 0 Å².